The zero-order valence-corrected chi connectivity index (χ0v) is 50.7. The minimum atomic E-state index is -4.77. The Labute approximate surface area is 473 Å². The maximum absolute atomic E-state index is 13.3. The van der Waals surface area contributed by atoms with Crippen molar-refractivity contribution in [1.82, 2.24) is 4.17 Å². The average Bonchev–Trinajstić information content (AvgIpc) is 3.44. The lowest BCUT2D eigenvalue weighted by molar-refractivity contribution is -0.138. The van der Waals surface area contributed by atoms with Crippen LogP contribution in [0.25, 0.3) is 0 Å². The molecule has 0 bridgehead atoms. The summed E-state index contributed by atoms with van der Waals surface area (Å²) in [6.07, 6.45) is 21.3. The van der Waals surface area contributed by atoms with Crippen molar-refractivity contribution in [3.63, 3.8) is 0 Å². The summed E-state index contributed by atoms with van der Waals surface area (Å²) in [5.41, 5.74) is -4.29. The van der Waals surface area contributed by atoms with Crippen molar-refractivity contribution in [3.8, 4) is 0 Å². The lowest BCUT2D eigenvalue weighted by Gasteiger charge is -2.44. The van der Waals surface area contributed by atoms with E-state index in [-0.39, 0.29) is 21.9 Å². The molecule has 4 aromatic carbocycles. The summed E-state index contributed by atoms with van der Waals surface area (Å²) < 4.78 is 167. The van der Waals surface area contributed by atoms with Crippen molar-refractivity contribution in [2.75, 3.05) is 37.0 Å². The smallest absolute Gasteiger partial charge is 0.195 e. The Morgan fingerprint density at radius 3 is 0.562 bits per heavy atom. The van der Waals surface area contributed by atoms with E-state index in [2.05, 4.69) is 41.5 Å². The molecule has 0 aliphatic carbocycles. The summed E-state index contributed by atoms with van der Waals surface area (Å²) in [6, 6.07) is 13.6. The first-order chi connectivity index (χ1) is 37.9. The van der Waals surface area contributed by atoms with E-state index >= 15 is 0 Å². The zero-order chi connectivity index (χ0) is 59.4. The third-order valence-corrected chi connectivity index (χ3v) is 25.8. The summed E-state index contributed by atoms with van der Waals surface area (Å²) >= 11 is 0. The van der Waals surface area contributed by atoms with Crippen molar-refractivity contribution in [3.05, 3.63) is 119 Å². The van der Waals surface area contributed by atoms with Gasteiger partial charge in [-0.3, -0.25) is 0 Å². The van der Waals surface area contributed by atoms with E-state index in [0.29, 0.717) is 48.5 Å². The zero-order valence-electron chi connectivity index (χ0n) is 48.9. The molecular formula is C64H94BF12NP2. The van der Waals surface area contributed by atoms with Gasteiger partial charge in [-0.2, -0.15) is 78.7 Å². The van der Waals surface area contributed by atoms with Gasteiger partial charge in [-0.1, -0.05) is 254 Å². The van der Waals surface area contributed by atoms with Crippen LogP contribution in [0.15, 0.2) is 97.1 Å². The lowest BCUT2D eigenvalue weighted by atomic mass is 9.13. The van der Waals surface area contributed by atoms with Crippen molar-refractivity contribution in [2.45, 2.75) is 220 Å². The maximum Gasteiger partial charge on any atom is 0.416 e. The van der Waals surface area contributed by atoms with Crippen LogP contribution in [-0.4, -0.2) is 43.1 Å². The van der Waals surface area contributed by atoms with Crippen LogP contribution >= 0.6 is 14.1 Å². The SMILES string of the molecule is CCCCCCP(CCCCCC)(CCCCCC)=[N+]=P(CCCCCC)(CCCCCC)CCCCCC.FC(F)(F)c1ccc([B-](c2ccc(C(F)(F)F)cc2)(c2ccc(C(F)(F)F)cc2)c2ccc(C(F)(F)F)cc2)cc1. The molecule has 0 aliphatic rings. The fraction of sp³-hybridized carbons (Fsp3) is 0.625. The molecule has 4 rings (SSSR count). The van der Waals surface area contributed by atoms with Crippen LogP contribution in [0.3, 0.4) is 0 Å². The Kier molecular flexibility index (Phi) is 31.1. The molecule has 452 valence electrons. The van der Waals surface area contributed by atoms with Crippen LogP contribution in [-0.2, 0) is 24.7 Å². The second kappa shape index (κ2) is 35.1. The summed E-state index contributed by atoms with van der Waals surface area (Å²) in [5, 5.41) is 0. The molecule has 0 unspecified atom stereocenters. The third-order valence-electron chi connectivity index (χ3n) is 15.9. The number of hydrogen-bond acceptors (Lipinski definition) is 0. The van der Waals surface area contributed by atoms with Gasteiger partial charge in [0.15, 0.2) is 0 Å². The Morgan fingerprint density at radius 2 is 0.425 bits per heavy atom. The van der Waals surface area contributed by atoms with E-state index in [0.717, 1.165) is 48.5 Å². The third kappa shape index (κ3) is 23.0. The first kappa shape index (κ1) is 70.9. The van der Waals surface area contributed by atoms with Crippen molar-refractivity contribution in [1.29, 1.82) is 0 Å². The van der Waals surface area contributed by atoms with Gasteiger partial charge in [-0.25, -0.2) is 0 Å². The van der Waals surface area contributed by atoms with Crippen LogP contribution < -0.4 is 26.0 Å². The van der Waals surface area contributed by atoms with Crippen LogP contribution in [0.2, 0.25) is 0 Å². The molecular weight excluding hydrogens is 1080 g/mol. The van der Waals surface area contributed by atoms with Gasteiger partial charge in [0.25, 0.3) is 0 Å². The molecule has 0 radical (unpaired) electrons. The maximum atomic E-state index is 13.3. The monoisotopic (exact) mass is 1180 g/mol. The molecule has 1 nitrogen and oxygen atoms in total. The first-order valence-corrected chi connectivity index (χ1v) is 34.8. The van der Waals surface area contributed by atoms with Crippen molar-refractivity contribution >= 4 is 42.1 Å². The highest BCUT2D eigenvalue weighted by Gasteiger charge is 2.39. The summed E-state index contributed by atoms with van der Waals surface area (Å²) in [6.45, 7) is 14.3. The number of hydrogen-bond donors (Lipinski definition) is 0. The first-order valence-electron chi connectivity index (χ1n) is 30.2. The molecule has 0 spiro atoms. The summed E-state index contributed by atoms with van der Waals surface area (Å²) in [4.78, 5) is 0. The van der Waals surface area contributed by atoms with Crippen molar-refractivity contribution in [2.24, 2.45) is 0 Å². The van der Waals surface area contributed by atoms with Gasteiger partial charge in [-0.05, 0) is 38.5 Å². The Balaban J connectivity index is 0.000000421. The highest BCUT2D eigenvalue weighted by atomic mass is 31.2. The minimum Gasteiger partial charge on any atom is -0.195 e. The van der Waals surface area contributed by atoms with Gasteiger partial charge in [-0.15, -0.1) is 0 Å². The van der Waals surface area contributed by atoms with Crippen LogP contribution in [0.1, 0.15) is 218 Å². The lowest BCUT2D eigenvalue weighted by Crippen LogP contribution is -2.74. The Morgan fingerprint density at radius 1 is 0.263 bits per heavy atom. The second-order valence-electron chi connectivity index (χ2n) is 22.3. The predicted molar refractivity (Wildman–Crippen MR) is 320 cm³/mol. The molecule has 0 N–H and O–H groups in total. The predicted octanol–water partition coefficient (Wildman–Crippen LogP) is 21.1. The largest absolute Gasteiger partial charge is 0.416 e. The molecule has 0 saturated heterocycles. The van der Waals surface area contributed by atoms with Crippen LogP contribution in [0, 0.1) is 0 Å². The highest BCUT2D eigenvalue weighted by molar-refractivity contribution is 7.73. The molecule has 0 fully saturated rings. The summed E-state index contributed by atoms with van der Waals surface area (Å²) in [5.74, 6) is 0. The molecule has 0 saturated carbocycles. The van der Waals surface area contributed by atoms with Gasteiger partial charge in [0, 0.05) is 37.0 Å². The number of rotatable bonds is 34. The Bertz CT molecular complexity index is 2060. The topological polar surface area (TPSA) is 14.1 Å². The van der Waals surface area contributed by atoms with Crippen LogP contribution in [0.5, 0.6) is 0 Å². The number of nitrogens with zero attached hydrogens (tertiary/aromatic N) is 1. The number of alkyl halides is 12. The highest BCUT2D eigenvalue weighted by Crippen LogP contribution is 2.56. The molecule has 16 heteroatoms. The molecule has 0 atom stereocenters. The fourth-order valence-electron chi connectivity index (χ4n) is 11.3. The molecule has 0 aliphatic heterocycles. The molecule has 4 aromatic rings. The molecule has 0 heterocycles. The number of halogens is 12. The molecule has 0 aromatic heterocycles. The van der Waals surface area contributed by atoms with E-state index in [4.69, 9.17) is 4.17 Å². The molecule has 80 heavy (non-hydrogen) atoms. The van der Waals surface area contributed by atoms with Crippen LogP contribution in [0.4, 0.5) is 52.7 Å². The van der Waals surface area contributed by atoms with E-state index in [9.17, 15) is 52.7 Å². The average molecular weight is 1180 g/mol. The van der Waals surface area contributed by atoms with Crippen molar-refractivity contribution < 1.29 is 52.7 Å². The standard InChI is InChI=1S/C36H78NP2.C28H16BF12/c1-7-13-19-25-31-38(32-26-20-14-8-2,33-27-21-15-9-3)37-39(34-28-22-16-10-4,35-29-23-17-11-5)36-30-24-18-12-6;30-25(31,32)17-1-9-21(10-2-17)29(22-11-3-18(4-12-22)26(33,34)35,23-13-5-19(6-14-23)27(36,37)38)24-15-7-20(8-16-24)28(39,40)41/h7-36H2,1-6H3;1-16H/q+1;-1. The normalized spacial score (nSPS) is 12.8. The van der Waals surface area contributed by atoms with E-state index in [1.54, 1.807) is 0 Å². The van der Waals surface area contributed by atoms with Gasteiger partial charge in [0.05, 0.1) is 22.3 Å². The second-order valence-corrected chi connectivity index (χ2v) is 30.1. The van der Waals surface area contributed by atoms with E-state index in [1.165, 1.54) is 191 Å². The van der Waals surface area contributed by atoms with E-state index < -0.39 is 67.2 Å². The van der Waals surface area contributed by atoms with E-state index in [1.807, 2.05) is 0 Å². The van der Waals surface area contributed by atoms with Gasteiger partial charge in [0.1, 0.15) is 6.15 Å². The summed E-state index contributed by atoms with van der Waals surface area (Å²) in [7, 11) is -2.46. The van der Waals surface area contributed by atoms with Gasteiger partial charge < -0.3 is 0 Å². The number of benzene rings is 4. The fourth-order valence-corrected chi connectivity index (χ4v) is 22.9. The number of unbranched alkanes of at least 4 members (excludes halogenated alkanes) is 18. The van der Waals surface area contributed by atoms with Gasteiger partial charge >= 0.3 is 24.7 Å². The minimum absolute atomic E-state index is 0.0114. The Hall–Kier alpha value is -3.33. The molecule has 0 amide bonds. The van der Waals surface area contributed by atoms with Gasteiger partial charge in [0.2, 0.25) is 14.1 Å². The quantitative estimate of drug-likeness (QED) is 0.0146.